The molecular formula is C11H11F4N. The number of alkyl halides is 3. The van der Waals surface area contributed by atoms with Gasteiger partial charge in [0.25, 0.3) is 0 Å². The molecule has 2 atom stereocenters. The van der Waals surface area contributed by atoms with Crippen LogP contribution >= 0.6 is 0 Å². The fraction of sp³-hybridized carbons (Fsp3) is 0.455. The highest BCUT2D eigenvalue weighted by molar-refractivity contribution is 5.33. The smallest absolute Gasteiger partial charge is 0.330 e. The Morgan fingerprint density at radius 2 is 2.00 bits per heavy atom. The van der Waals surface area contributed by atoms with E-state index in [2.05, 4.69) is 0 Å². The van der Waals surface area contributed by atoms with Crippen molar-refractivity contribution in [2.45, 2.75) is 18.5 Å². The summed E-state index contributed by atoms with van der Waals surface area (Å²) in [6.07, 6.45) is -3.75. The van der Waals surface area contributed by atoms with Gasteiger partial charge in [-0.2, -0.15) is 13.2 Å². The highest BCUT2D eigenvalue weighted by Crippen LogP contribution is 2.48. The van der Waals surface area contributed by atoms with Crippen LogP contribution in [-0.2, 0) is 6.18 Å². The Bertz CT molecular complexity index is 399. The molecule has 5 heteroatoms. The number of benzene rings is 1. The second-order valence-electron chi connectivity index (χ2n) is 4.07. The van der Waals surface area contributed by atoms with E-state index >= 15 is 0 Å². The first-order chi connectivity index (χ1) is 7.43. The molecule has 0 spiro atoms. The summed E-state index contributed by atoms with van der Waals surface area (Å²) in [7, 11) is 0. The lowest BCUT2D eigenvalue weighted by atomic mass is 10.0. The van der Waals surface area contributed by atoms with Crippen molar-refractivity contribution >= 4 is 0 Å². The summed E-state index contributed by atoms with van der Waals surface area (Å²) in [6, 6.07) is 2.54. The van der Waals surface area contributed by atoms with Crippen LogP contribution in [0, 0.1) is 11.7 Å². The van der Waals surface area contributed by atoms with Crippen molar-refractivity contribution in [1.82, 2.24) is 0 Å². The zero-order valence-electron chi connectivity index (χ0n) is 8.39. The van der Waals surface area contributed by atoms with E-state index in [9.17, 15) is 17.6 Å². The molecule has 1 aliphatic rings. The topological polar surface area (TPSA) is 26.0 Å². The summed E-state index contributed by atoms with van der Waals surface area (Å²) in [5.74, 6) is -0.598. The molecule has 1 fully saturated rings. The molecule has 16 heavy (non-hydrogen) atoms. The predicted octanol–water partition coefficient (Wildman–Crippen LogP) is 2.91. The number of hydrogen-bond acceptors (Lipinski definition) is 1. The fourth-order valence-electron chi connectivity index (χ4n) is 1.89. The van der Waals surface area contributed by atoms with E-state index in [0.717, 1.165) is 18.2 Å². The first kappa shape index (κ1) is 11.4. The minimum absolute atomic E-state index is 0.123. The van der Waals surface area contributed by atoms with Crippen molar-refractivity contribution in [3.05, 3.63) is 35.1 Å². The highest BCUT2D eigenvalue weighted by Gasteiger charge is 2.40. The summed E-state index contributed by atoms with van der Waals surface area (Å²) in [5, 5.41) is 0. The molecule has 1 aromatic carbocycles. The molecule has 1 saturated carbocycles. The van der Waals surface area contributed by atoms with Crippen molar-refractivity contribution in [3.63, 3.8) is 0 Å². The summed E-state index contributed by atoms with van der Waals surface area (Å²) >= 11 is 0. The second kappa shape index (κ2) is 3.73. The maximum atomic E-state index is 13.4. The molecule has 88 valence electrons. The Hall–Kier alpha value is -1.10. The summed E-state index contributed by atoms with van der Waals surface area (Å²) < 4.78 is 50.6. The van der Waals surface area contributed by atoms with Gasteiger partial charge in [0.05, 0.1) is 5.56 Å². The standard InChI is InChI=1S/C11H11F4N/c12-10-2-1-7(11(13,14)15)4-9(10)8-3-6(8)5-16/h1-2,4,6,8H,3,5,16H2. The Balaban J connectivity index is 2.31. The maximum Gasteiger partial charge on any atom is 0.416 e. The van der Waals surface area contributed by atoms with Crippen molar-refractivity contribution in [1.29, 1.82) is 0 Å². The molecule has 1 aromatic rings. The molecule has 1 nitrogen and oxygen atoms in total. The third-order valence-electron chi connectivity index (χ3n) is 2.95. The van der Waals surface area contributed by atoms with Crippen LogP contribution in [0.15, 0.2) is 18.2 Å². The van der Waals surface area contributed by atoms with E-state index in [0.29, 0.717) is 13.0 Å². The maximum absolute atomic E-state index is 13.4. The number of nitrogens with two attached hydrogens (primary N) is 1. The molecule has 0 bridgehead atoms. The molecule has 2 unspecified atom stereocenters. The second-order valence-corrected chi connectivity index (χ2v) is 4.07. The fourth-order valence-corrected chi connectivity index (χ4v) is 1.89. The first-order valence-corrected chi connectivity index (χ1v) is 5.00. The van der Waals surface area contributed by atoms with Crippen LogP contribution in [0.1, 0.15) is 23.5 Å². The zero-order chi connectivity index (χ0) is 11.9. The van der Waals surface area contributed by atoms with Crippen LogP contribution in [-0.4, -0.2) is 6.54 Å². The van der Waals surface area contributed by atoms with Gasteiger partial charge in [0.2, 0.25) is 0 Å². The molecule has 0 saturated heterocycles. The zero-order valence-corrected chi connectivity index (χ0v) is 8.39. The summed E-state index contributed by atoms with van der Waals surface area (Å²) in [4.78, 5) is 0. The molecule has 2 rings (SSSR count). The van der Waals surface area contributed by atoms with Crippen molar-refractivity contribution in [2.24, 2.45) is 11.7 Å². The number of halogens is 4. The van der Waals surface area contributed by atoms with Crippen LogP contribution in [0.5, 0.6) is 0 Å². The Morgan fingerprint density at radius 3 is 2.50 bits per heavy atom. The van der Waals surface area contributed by atoms with Gasteiger partial charge in [0.15, 0.2) is 0 Å². The molecule has 0 heterocycles. The normalized spacial score (nSPS) is 24.6. The van der Waals surface area contributed by atoms with Gasteiger partial charge in [-0.05, 0) is 48.6 Å². The van der Waals surface area contributed by atoms with Crippen molar-refractivity contribution in [3.8, 4) is 0 Å². The van der Waals surface area contributed by atoms with Crippen molar-refractivity contribution in [2.75, 3.05) is 6.54 Å². The van der Waals surface area contributed by atoms with Gasteiger partial charge < -0.3 is 5.73 Å². The average molecular weight is 233 g/mol. The molecule has 0 aliphatic heterocycles. The summed E-state index contributed by atoms with van der Waals surface area (Å²) in [6.45, 7) is 0.389. The van der Waals surface area contributed by atoms with E-state index in [4.69, 9.17) is 5.73 Å². The first-order valence-electron chi connectivity index (χ1n) is 5.00. The molecule has 1 aliphatic carbocycles. The summed E-state index contributed by atoms with van der Waals surface area (Å²) in [5.41, 5.74) is 4.74. The van der Waals surface area contributed by atoms with E-state index < -0.39 is 17.6 Å². The Morgan fingerprint density at radius 1 is 1.31 bits per heavy atom. The largest absolute Gasteiger partial charge is 0.416 e. The molecule has 2 N–H and O–H groups in total. The van der Waals surface area contributed by atoms with Gasteiger partial charge in [-0.1, -0.05) is 0 Å². The van der Waals surface area contributed by atoms with Crippen molar-refractivity contribution < 1.29 is 17.6 Å². The van der Waals surface area contributed by atoms with Gasteiger partial charge in [0.1, 0.15) is 5.82 Å². The Labute approximate surface area is 90.3 Å². The third-order valence-corrected chi connectivity index (χ3v) is 2.95. The molecule has 0 radical (unpaired) electrons. The minimum atomic E-state index is -4.42. The van der Waals surface area contributed by atoms with Gasteiger partial charge in [-0.25, -0.2) is 4.39 Å². The van der Waals surface area contributed by atoms with E-state index in [-0.39, 0.29) is 17.4 Å². The van der Waals surface area contributed by atoms with E-state index in [1.807, 2.05) is 0 Å². The van der Waals surface area contributed by atoms with Crippen LogP contribution < -0.4 is 5.73 Å². The van der Waals surface area contributed by atoms with Crippen LogP contribution in [0.4, 0.5) is 17.6 Å². The molecule has 0 aromatic heterocycles. The molecule has 0 amide bonds. The van der Waals surface area contributed by atoms with Crippen LogP contribution in [0.3, 0.4) is 0 Å². The third kappa shape index (κ3) is 2.04. The lowest BCUT2D eigenvalue weighted by molar-refractivity contribution is -0.137. The van der Waals surface area contributed by atoms with E-state index in [1.54, 1.807) is 0 Å². The average Bonchev–Trinajstić information content (AvgIpc) is 2.95. The lowest BCUT2D eigenvalue weighted by Gasteiger charge is -2.09. The SMILES string of the molecule is NCC1CC1c1cc(C(F)(F)F)ccc1F. The van der Waals surface area contributed by atoms with Gasteiger partial charge >= 0.3 is 6.18 Å². The molecular weight excluding hydrogens is 222 g/mol. The minimum Gasteiger partial charge on any atom is -0.330 e. The monoisotopic (exact) mass is 233 g/mol. The van der Waals surface area contributed by atoms with Gasteiger partial charge in [-0.15, -0.1) is 0 Å². The number of rotatable bonds is 2. The van der Waals surface area contributed by atoms with Gasteiger partial charge in [-0.3, -0.25) is 0 Å². The quantitative estimate of drug-likeness (QED) is 0.781. The lowest BCUT2D eigenvalue weighted by Crippen LogP contribution is -2.07. The van der Waals surface area contributed by atoms with Crippen LogP contribution in [0.2, 0.25) is 0 Å². The predicted molar refractivity (Wildman–Crippen MR) is 51.3 cm³/mol. The van der Waals surface area contributed by atoms with Gasteiger partial charge in [0, 0.05) is 0 Å². The van der Waals surface area contributed by atoms with E-state index in [1.165, 1.54) is 0 Å². The highest BCUT2D eigenvalue weighted by atomic mass is 19.4. The number of hydrogen-bond donors (Lipinski definition) is 1. The Kier molecular flexibility index (Phi) is 2.66. The van der Waals surface area contributed by atoms with Crippen LogP contribution in [0.25, 0.3) is 0 Å².